The molecule has 0 unspecified atom stereocenters. The standard InChI is InChI=1S/C12H11FN4O4S/c13-22(18,19)17-5-3-16(4-6-17)12-9(8-14)15-11(21-12)10-2-1-7-20-10/h1-2,7H,3-6H2. The van der Waals surface area contributed by atoms with Crippen molar-refractivity contribution in [1.29, 1.82) is 5.26 Å². The molecule has 1 aliphatic rings. The monoisotopic (exact) mass is 326 g/mol. The Morgan fingerprint density at radius 2 is 2.05 bits per heavy atom. The summed E-state index contributed by atoms with van der Waals surface area (Å²) in [5, 5.41) is 9.15. The molecular formula is C12H11FN4O4S. The number of nitrogens with zero attached hydrogens (tertiary/aromatic N) is 4. The van der Waals surface area contributed by atoms with Gasteiger partial charge in [0, 0.05) is 26.2 Å². The number of furan rings is 1. The summed E-state index contributed by atoms with van der Waals surface area (Å²) < 4.78 is 46.1. The molecule has 0 N–H and O–H groups in total. The van der Waals surface area contributed by atoms with Gasteiger partial charge in [-0.2, -0.15) is 23.0 Å². The number of halogens is 1. The summed E-state index contributed by atoms with van der Waals surface area (Å²) in [5.74, 6) is 0.773. The summed E-state index contributed by atoms with van der Waals surface area (Å²) in [6.45, 7) is 0.343. The fourth-order valence-corrected chi connectivity index (χ4v) is 2.81. The van der Waals surface area contributed by atoms with Gasteiger partial charge in [-0.1, -0.05) is 3.89 Å². The third-order valence-corrected chi connectivity index (χ3v) is 4.26. The zero-order valence-electron chi connectivity index (χ0n) is 11.3. The molecule has 0 aliphatic carbocycles. The molecule has 1 saturated heterocycles. The number of piperazine rings is 1. The molecule has 0 aromatic carbocycles. The van der Waals surface area contributed by atoms with E-state index < -0.39 is 10.4 Å². The van der Waals surface area contributed by atoms with E-state index in [4.69, 9.17) is 14.1 Å². The predicted molar refractivity (Wildman–Crippen MR) is 72.7 cm³/mol. The lowest BCUT2D eigenvalue weighted by Gasteiger charge is -2.31. The lowest BCUT2D eigenvalue weighted by atomic mass is 10.3. The largest absolute Gasteiger partial charge is 0.459 e. The summed E-state index contributed by atoms with van der Waals surface area (Å²) in [7, 11) is -4.70. The molecule has 1 fully saturated rings. The van der Waals surface area contributed by atoms with Gasteiger partial charge < -0.3 is 13.7 Å². The van der Waals surface area contributed by atoms with Crippen LogP contribution in [-0.2, 0) is 10.4 Å². The normalized spacial score (nSPS) is 16.6. The molecule has 0 bridgehead atoms. The average molecular weight is 326 g/mol. The molecule has 0 saturated carbocycles. The first-order valence-electron chi connectivity index (χ1n) is 6.38. The van der Waals surface area contributed by atoms with Gasteiger partial charge in [0.05, 0.1) is 6.26 Å². The summed E-state index contributed by atoms with van der Waals surface area (Å²) in [5.41, 5.74) is 0.0722. The van der Waals surface area contributed by atoms with E-state index in [-0.39, 0.29) is 43.6 Å². The van der Waals surface area contributed by atoms with E-state index in [1.165, 1.54) is 6.26 Å². The lowest BCUT2D eigenvalue weighted by molar-refractivity contribution is 0.354. The number of aromatic nitrogens is 1. The Morgan fingerprint density at radius 1 is 1.32 bits per heavy atom. The van der Waals surface area contributed by atoms with Crippen LogP contribution in [0.15, 0.2) is 27.2 Å². The fourth-order valence-electron chi connectivity index (χ4n) is 2.21. The van der Waals surface area contributed by atoms with Crippen LogP contribution in [0, 0.1) is 11.3 Å². The van der Waals surface area contributed by atoms with Crippen LogP contribution in [0.25, 0.3) is 11.7 Å². The quantitative estimate of drug-likeness (QED) is 0.779. The Morgan fingerprint density at radius 3 is 2.59 bits per heavy atom. The van der Waals surface area contributed by atoms with Gasteiger partial charge in [-0.15, -0.1) is 0 Å². The third-order valence-electron chi connectivity index (χ3n) is 3.28. The summed E-state index contributed by atoms with van der Waals surface area (Å²) in [4.78, 5) is 5.70. The van der Waals surface area contributed by atoms with Gasteiger partial charge in [-0.3, -0.25) is 0 Å². The highest BCUT2D eigenvalue weighted by Crippen LogP contribution is 2.29. The molecule has 0 atom stereocenters. The second kappa shape index (κ2) is 5.43. The SMILES string of the molecule is N#Cc1nc(-c2ccco2)oc1N1CCN(S(=O)(=O)F)CC1. The highest BCUT2D eigenvalue weighted by Gasteiger charge is 2.30. The molecule has 10 heteroatoms. The van der Waals surface area contributed by atoms with Crippen LogP contribution in [0.4, 0.5) is 9.77 Å². The first-order valence-corrected chi connectivity index (χ1v) is 7.72. The molecule has 22 heavy (non-hydrogen) atoms. The van der Waals surface area contributed by atoms with Crippen LogP contribution in [0.3, 0.4) is 0 Å². The molecule has 1 aliphatic heterocycles. The Balaban J connectivity index is 1.83. The average Bonchev–Trinajstić information content (AvgIpc) is 3.15. The summed E-state index contributed by atoms with van der Waals surface area (Å²) >= 11 is 0. The van der Waals surface area contributed by atoms with Gasteiger partial charge in [-0.25, -0.2) is 0 Å². The van der Waals surface area contributed by atoms with Crippen molar-refractivity contribution < 1.29 is 21.1 Å². The van der Waals surface area contributed by atoms with Crippen molar-refractivity contribution in [2.75, 3.05) is 31.1 Å². The maximum Gasteiger partial charge on any atom is 0.374 e. The smallest absolute Gasteiger partial charge is 0.374 e. The first-order chi connectivity index (χ1) is 10.5. The van der Waals surface area contributed by atoms with Crippen LogP contribution >= 0.6 is 0 Å². The Labute approximate surface area is 125 Å². The minimum absolute atomic E-state index is 0.0273. The van der Waals surface area contributed by atoms with Crippen molar-refractivity contribution in [3.63, 3.8) is 0 Å². The summed E-state index contributed by atoms with van der Waals surface area (Å²) in [6, 6.07) is 5.23. The Bertz CT molecular complexity index is 801. The molecular weight excluding hydrogens is 315 g/mol. The number of hydrogen-bond acceptors (Lipinski definition) is 7. The number of anilines is 1. The van der Waals surface area contributed by atoms with Crippen molar-refractivity contribution in [1.82, 2.24) is 9.29 Å². The molecule has 3 heterocycles. The predicted octanol–water partition coefficient (Wildman–Crippen LogP) is 1.14. The molecule has 0 radical (unpaired) electrons. The van der Waals surface area contributed by atoms with Gasteiger partial charge in [0.25, 0.3) is 5.89 Å². The topological polar surface area (TPSA) is 104 Å². The second-order valence-corrected chi connectivity index (χ2v) is 5.93. The molecule has 3 rings (SSSR count). The molecule has 2 aromatic rings. The zero-order chi connectivity index (χ0) is 15.7. The molecule has 2 aromatic heterocycles. The van der Waals surface area contributed by atoms with E-state index in [1.807, 2.05) is 6.07 Å². The van der Waals surface area contributed by atoms with Gasteiger partial charge in [0.1, 0.15) is 6.07 Å². The van der Waals surface area contributed by atoms with Crippen molar-refractivity contribution >= 4 is 16.3 Å². The van der Waals surface area contributed by atoms with Crippen molar-refractivity contribution in [3.05, 3.63) is 24.1 Å². The number of oxazole rings is 1. The maximum absolute atomic E-state index is 12.9. The van der Waals surface area contributed by atoms with Crippen LogP contribution < -0.4 is 4.90 Å². The zero-order valence-corrected chi connectivity index (χ0v) is 12.1. The van der Waals surface area contributed by atoms with E-state index in [1.54, 1.807) is 17.0 Å². The second-order valence-electron chi connectivity index (χ2n) is 4.59. The molecule has 0 spiro atoms. The molecule has 0 amide bonds. The van der Waals surface area contributed by atoms with Gasteiger partial charge in [0.2, 0.25) is 11.6 Å². The van der Waals surface area contributed by atoms with Gasteiger partial charge in [0.15, 0.2) is 5.76 Å². The Kier molecular flexibility index (Phi) is 3.59. The first kappa shape index (κ1) is 14.6. The van der Waals surface area contributed by atoms with E-state index in [9.17, 15) is 12.3 Å². The minimum Gasteiger partial charge on any atom is -0.459 e. The van der Waals surface area contributed by atoms with Gasteiger partial charge in [-0.05, 0) is 12.1 Å². The fraction of sp³-hybridized carbons (Fsp3) is 0.333. The van der Waals surface area contributed by atoms with E-state index in [0.717, 1.165) is 4.31 Å². The van der Waals surface area contributed by atoms with E-state index >= 15 is 0 Å². The van der Waals surface area contributed by atoms with E-state index in [0.29, 0.717) is 5.76 Å². The van der Waals surface area contributed by atoms with Crippen LogP contribution in [-0.4, -0.2) is 43.9 Å². The molecule has 116 valence electrons. The van der Waals surface area contributed by atoms with Crippen molar-refractivity contribution in [3.8, 4) is 17.7 Å². The highest BCUT2D eigenvalue weighted by molar-refractivity contribution is 7.83. The minimum atomic E-state index is -4.70. The number of hydrogen-bond donors (Lipinski definition) is 0. The van der Waals surface area contributed by atoms with Crippen molar-refractivity contribution in [2.45, 2.75) is 0 Å². The van der Waals surface area contributed by atoms with E-state index in [2.05, 4.69) is 4.98 Å². The number of nitriles is 1. The van der Waals surface area contributed by atoms with Crippen LogP contribution in [0.1, 0.15) is 5.69 Å². The summed E-state index contributed by atoms with van der Waals surface area (Å²) in [6.07, 6.45) is 1.45. The Hall–Kier alpha value is -2.38. The van der Waals surface area contributed by atoms with Crippen LogP contribution in [0.2, 0.25) is 0 Å². The lowest BCUT2D eigenvalue weighted by Crippen LogP contribution is -2.47. The molecule has 8 nitrogen and oxygen atoms in total. The third kappa shape index (κ3) is 2.68. The van der Waals surface area contributed by atoms with Crippen LogP contribution in [0.5, 0.6) is 0 Å². The van der Waals surface area contributed by atoms with Crippen molar-refractivity contribution in [2.24, 2.45) is 0 Å². The highest BCUT2D eigenvalue weighted by atomic mass is 32.3. The van der Waals surface area contributed by atoms with Gasteiger partial charge >= 0.3 is 10.4 Å². The maximum atomic E-state index is 12.9. The number of rotatable bonds is 3.